The van der Waals surface area contributed by atoms with Crippen molar-refractivity contribution >= 4 is 0 Å². The number of rotatable bonds is 6. The number of aryl methyl sites for hydroxylation is 2. The van der Waals surface area contributed by atoms with E-state index in [1.165, 1.54) is 0 Å². The van der Waals surface area contributed by atoms with E-state index >= 15 is 0 Å². The van der Waals surface area contributed by atoms with Crippen molar-refractivity contribution in [3.05, 3.63) is 29.3 Å². The zero-order valence-corrected chi connectivity index (χ0v) is 10.3. The van der Waals surface area contributed by atoms with Gasteiger partial charge in [-0.2, -0.15) is 0 Å². The van der Waals surface area contributed by atoms with Crippen molar-refractivity contribution in [2.24, 2.45) is 0 Å². The molecule has 0 radical (unpaired) electrons. The Morgan fingerprint density at radius 3 is 2.50 bits per heavy atom. The van der Waals surface area contributed by atoms with Crippen LogP contribution in [0.5, 0.6) is 5.75 Å². The lowest BCUT2D eigenvalue weighted by molar-refractivity contribution is 0.188. The number of aliphatic hydroxyl groups excluding tert-OH is 1. The third kappa shape index (κ3) is 4.21. The summed E-state index contributed by atoms with van der Waals surface area (Å²) in [5, 5.41) is 12.2. The molecule has 0 aliphatic heterocycles. The van der Waals surface area contributed by atoms with Crippen LogP contribution in [0.2, 0.25) is 0 Å². The molecule has 16 heavy (non-hydrogen) atoms. The molecule has 0 spiro atoms. The number of hydrogen-bond acceptors (Lipinski definition) is 3. The smallest absolute Gasteiger partial charge is 0.125 e. The standard InChI is InChI=1S/C13H21NO2/c1-10-5-4-6-11(2)13(10)16-8-7-14-9-12(3)15/h4-6,12,14-15H,7-9H2,1-3H3/t12-/m0/s1. The Hall–Kier alpha value is -1.06. The molecule has 1 atom stereocenters. The van der Waals surface area contributed by atoms with Gasteiger partial charge in [0.2, 0.25) is 0 Å². The van der Waals surface area contributed by atoms with E-state index in [0.29, 0.717) is 13.2 Å². The summed E-state index contributed by atoms with van der Waals surface area (Å²) in [6.45, 7) is 7.84. The Kier molecular flexibility index (Phi) is 5.29. The van der Waals surface area contributed by atoms with Crippen LogP contribution in [0.15, 0.2) is 18.2 Å². The van der Waals surface area contributed by atoms with E-state index in [1.54, 1.807) is 6.92 Å². The van der Waals surface area contributed by atoms with Gasteiger partial charge in [-0.05, 0) is 31.9 Å². The van der Waals surface area contributed by atoms with Crippen LogP contribution in [-0.4, -0.2) is 30.9 Å². The van der Waals surface area contributed by atoms with E-state index < -0.39 is 0 Å². The van der Waals surface area contributed by atoms with Crippen LogP contribution < -0.4 is 10.1 Å². The van der Waals surface area contributed by atoms with Crippen LogP contribution in [0.4, 0.5) is 0 Å². The molecule has 0 saturated carbocycles. The van der Waals surface area contributed by atoms with Crippen molar-refractivity contribution < 1.29 is 9.84 Å². The molecule has 0 heterocycles. The molecule has 0 saturated heterocycles. The molecule has 90 valence electrons. The van der Waals surface area contributed by atoms with Crippen LogP contribution in [0.25, 0.3) is 0 Å². The predicted octanol–water partition coefficient (Wildman–Crippen LogP) is 1.65. The Balaban J connectivity index is 2.32. The first kappa shape index (κ1) is 13.0. The maximum atomic E-state index is 9.05. The van der Waals surface area contributed by atoms with Crippen molar-refractivity contribution in [2.45, 2.75) is 26.9 Å². The molecule has 0 unspecified atom stereocenters. The highest BCUT2D eigenvalue weighted by atomic mass is 16.5. The minimum atomic E-state index is -0.305. The lowest BCUT2D eigenvalue weighted by atomic mass is 10.1. The average molecular weight is 223 g/mol. The number of benzene rings is 1. The number of aliphatic hydroxyl groups is 1. The molecule has 0 aliphatic rings. The highest BCUT2D eigenvalue weighted by molar-refractivity contribution is 5.39. The van der Waals surface area contributed by atoms with Crippen LogP contribution >= 0.6 is 0 Å². The first-order valence-corrected chi connectivity index (χ1v) is 5.69. The summed E-state index contributed by atoms with van der Waals surface area (Å²) in [5.74, 6) is 0.973. The monoisotopic (exact) mass is 223 g/mol. The number of para-hydroxylation sites is 1. The summed E-state index contributed by atoms with van der Waals surface area (Å²) in [6.07, 6.45) is -0.305. The summed E-state index contributed by atoms with van der Waals surface area (Å²) in [7, 11) is 0. The summed E-state index contributed by atoms with van der Waals surface area (Å²) < 4.78 is 5.71. The van der Waals surface area contributed by atoms with Gasteiger partial charge < -0.3 is 15.2 Å². The van der Waals surface area contributed by atoms with Crippen LogP contribution in [0.3, 0.4) is 0 Å². The van der Waals surface area contributed by atoms with Crippen molar-refractivity contribution in [1.29, 1.82) is 0 Å². The van der Waals surface area contributed by atoms with Gasteiger partial charge >= 0.3 is 0 Å². The van der Waals surface area contributed by atoms with E-state index in [9.17, 15) is 0 Å². The minimum Gasteiger partial charge on any atom is -0.492 e. The summed E-state index contributed by atoms with van der Waals surface area (Å²) in [4.78, 5) is 0. The lowest BCUT2D eigenvalue weighted by Gasteiger charge is -2.12. The van der Waals surface area contributed by atoms with E-state index in [1.807, 2.05) is 32.0 Å². The molecule has 1 aromatic rings. The Morgan fingerprint density at radius 2 is 1.94 bits per heavy atom. The first-order valence-electron chi connectivity index (χ1n) is 5.69. The van der Waals surface area contributed by atoms with E-state index in [0.717, 1.165) is 23.4 Å². The second-order valence-electron chi connectivity index (χ2n) is 4.12. The highest BCUT2D eigenvalue weighted by Gasteiger charge is 2.02. The maximum absolute atomic E-state index is 9.05. The molecule has 0 bridgehead atoms. The Labute approximate surface area is 97.4 Å². The molecule has 0 aliphatic carbocycles. The zero-order valence-electron chi connectivity index (χ0n) is 10.3. The summed E-state index contributed by atoms with van der Waals surface area (Å²) in [5.41, 5.74) is 2.33. The number of ether oxygens (including phenoxy) is 1. The van der Waals surface area contributed by atoms with Crippen molar-refractivity contribution in [2.75, 3.05) is 19.7 Å². The van der Waals surface area contributed by atoms with E-state index in [-0.39, 0.29) is 6.10 Å². The zero-order chi connectivity index (χ0) is 12.0. The SMILES string of the molecule is Cc1cccc(C)c1OCCNC[C@H](C)O. The fourth-order valence-corrected chi connectivity index (χ4v) is 1.56. The fourth-order valence-electron chi connectivity index (χ4n) is 1.56. The lowest BCUT2D eigenvalue weighted by Crippen LogP contribution is -2.28. The van der Waals surface area contributed by atoms with Crippen molar-refractivity contribution in [3.63, 3.8) is 0 Å². The molecule has 0 amide bonds. The van der Waals surface area contributed by atoms with E-state index in [2.05, 4.69) is 5.32 Å². The largest absolute Gasteiger partial charge is 0.492 e. The first-order chi connectivity index (χ1) is 7.61. The molecule has 1 rings (SSSR count). The molecule has 1 aromatic carbocycles. The van der Waals surface area contributed by atoms with Gasteiger partial charge in [-0.15, -0.1) is 0 Å². The van der Waals surface area contributed by atoms with Gasteiger partial charge in [0.15, 0.2) is 0 Å². The minimum absolute atomic E-state index is 0.305. The van der Waals surface area contributed by atoms with Gasteiger partial charge in [0.1, 0.15) is 12.4 Å². The summed E-state index contributed by atoms with van der Waals surface area (Å²) >= 11 is 0. The van der Waals surface area contributed by atoms with Crippen LogP contribution in [0.1, 0.15) is 18.1 Å². The molecule has 0 aromatic heterocycles. The van der Waals surface area contributed by atoms with Gasteiger partial charge in [-0.1, -0.05) is 18.2 Å². The second kappa shape index (κ2) is 6.51. The third-order valence-electron chi connectivity index (χ3n) is 2.37. The van der Waals surface area contributed by atoms with Crippen molar-refractivity contribution in [3.8, 4) is 5.75 Å². The third-order valence-corrected chi connectivity index (χ3v) is 2.37. The maximum Gasteiger partial charge on any atom is 0.125 e. The van der Waals surface area contributed by atoms with Gasteiger partial charge in [0.25, 0.3) is 0 Å². The number of hydrogen-bond donors (Lipinski definition) is 2. The normalized spacial score (nSPS) is 12.5. The molecule has 2 N–H and O–H groups in total. The van der Waals surface area contributed by atoms with Gasteiger partial charge in [0, 0.05) is 13.1 Å². The topological polar surface area (TPSA) is 41.5 Å². The fraction of sp³-hybridized carbons (Fsp3) is 0.538. The molecule has 3 nitrogen and oxygen atoms in total. The van der Waals surface area contributed by atoms with Crippen LogP contribution in [-0.2, 0) is 0 Å². The molecular formula is C13H21NO2. The molecular weight excluding hydrogens is 202 g/mol. The molecule has 3 heteroatoms. The predicted molar refractivity (Wildman–Crippen MR) is 66.0 cm³/mol. The summed E-state index contributed by atoms with van der Waals surface area (Å²) in [6, 6.07) is 6.13. The van der Waals surface area contributed by atoms with Crippen molar-refractivity contribution in [1.82, 2.24) is 5.32 Å². The van der Waals surface area contributed by atoms with Crippen LogP contribution in [0, 0.1) is 13.8 Å². The van der Waals surface area contributed by atoms with E-state index in [4.69, 9.17) is 9.84 Å². The average Bonchev–Trinajstić information content (AvgIpc) is 2.21. The Bertz CT molecular complexity index is 303. The Morgan fingerprint density at radius 1 is 1.31 bits per heavy atom. The number of nitrogens with one attached hydrogen (secondary N) is 1. The second-order valence-corrected chi connectivity index (χ2v) is 4.12. The van der Waals surface area contributed by atoms with Gasteiger partial charge in [0.05, 0.1) is 6.10 Å². The molecule has 0 fully saturated rings. The van der Waals surface area contributed by atoms with Gasteiger partial charge in [-0.3, -0.25) is 0 Å². The quantitative estimate of drug-likeness (QED) is 0.721. The van der Waals surface area contributed by atoms with Gasteiger partial charge in [-0.25, -0.2) is 0 Å². The highest BCUT2D eigenvalue weighted by Crippen LogP contribution is 2.21.